The molecule has 0 radical (unpaired) electrons. The second-order valence-electron chi connectivity index (χ2n) is 6.88. The van der Waals surface area contributed by atoms with Crippen molar-refractivity contribution in [3.8, 4) is 5.75 Å². The molecule has 1 unspecified atom stereocenters. The molecule has 2 aromatic rings. The number of aryl methyl sites for hydroxylation is 1. The van der Waals surface area contributed by atoms with Gasteiger partial charge in [0.2, 0.25) is 11.1 Å². The van der Waals surface area contributed by atoms with E-state index < -0.39 is 11.9 Å². The fraction of sp³-hybridized carbons (Fsp3) is 0.526. The van der Waals surface area contributed by atoms with E-state index in [1.165, 1.54) is 49.6 Å². The molecular weight excluding hydrogens is 386 g/mol. The van der Waals surface area contributed by atoms with E-state index in [1.807, 2.05) is 0 Å². The SMILES string of the molecule is CC(Sc1n[nH]c(CCC2CCCC2)n1)C(=O)Nc1ccccc1OC(F)F. The maximum atomic E-state index is 12.5. The van der Waals surface area contributed by atoms with Crippen molar-refractivity contribution in [1.29, 1.82) is 0 Å². The van der Waals surface area contributed by atoms with Crippen molar-refractivity contribution in [1.82, 2.24) is 15.2 Å². The summed E-state index contributed by atoms with van der Waals surface area (Å²) < 4.78 is 29.4. The van der Waals surface area contributed by atoms with Crippen molar-refractivity contribution in [2.45, 2.75) is 62.5 Å². The molecule has 1 aliphatic carbocycles. The summed E-state index contributed by atoms with van der Waals surface area (Å²) in [6.45, 7) is -1.24. The van der Waals surface area contributed by atoms with E-state index >= 15 is 0 Å². The van der Waals surface area contributed by atoms with Gasteiger partial charge in [-0.15, -0.1) is 5.10 Å². The van der Waals surface area contributed by atoms with Gasteiger partial charge >= 0.3 is 6.61 Å². The van der Waals surface area contributed by atoms with Crippen LogP contribution in [-0.2, 0) is 11.2 Å². The molecule has 1 aliphatic rings. The Morgan fingerprint density at radius 3 is 2.86 bits per heavy atom. The molecule has 0 bridgehead atoms. The minimum atomic E-state index is -2.96. The third kappa shape index (κ3) is 5.92. The zero-order chi connectivity index (χ0) is 19.9. The normalized spacial score (nSPS) is 15.7. The molecule has 1 saturated carbocycles. The van der Waals surface area contributed by atoms with Crippen LogP contribution in [0, 0.1) is 5.92 Å². The van der Waals surface area contributed by atoms with Crippen molar-refractivity contribution in [3.63, 3.8) is 0 Å². The maximum Gasteiger partial charge on any atom is 0.387 e. The molecular formula is C19H24F2N4O2S. The lowest BCUT2D eigenvalue weighted by atomic mass is 10.0. The number of nitrogens with one attached hydrogen (secondary N) is 2. The van der Waals surface area contributed by atoms with Gasteiger partial charge in [-0.05, 0) is 31.4 Å². The topological polar surface area (TPSA) is 79.9 Å². The smallest absolute Gasteiger partial charge is 0.387 e. The van der Waals surface area contributed by atoms with Crippen molar-refractivity contribution < 1.29 is 18.3 Å². The zero-order valence-electron chi connectivity index (χ0n) is 15.7. The van der Waals surface area contributed by atoms with E-state index in [1.54, 1.807) is 19.1 Å². The van der Waals surface area contributed by atoms with Crippen molar-refractivity contribution in [3.05, 3.63) is 30.1 Å². The molecule has 0 spiro atoms. The Balaban J connectivity index is 1.52. The number of alkyl halides is 2. The fourth-order valence-electron chi connectivity index (χ4n) is 3.30. The highest BCUT2D eigenvalue weighted by molar-refractivity contribution is 8.00. The molecule has 9 heteroatoms. The minimum Gasteiger partial charge on any atom is -0.433 e. The Morgan fingerprint density at radius 2 is 2.11 bits per heavy atom. The number of thioether (sulfide) groups is 1. The van der Waals surface area contributed by atoms with Crippen LogP contribution < -0.4 is 10.1 Å². The predicted octanol–water partition coefficient (Wildman–Crippen LogP) is 4.65. The number of aromatic nitrogens is 3. The van der Waals surface area contributed by atoms with Crippen LogP contribution in [0.1, 0.15) is 44.9 Å². The third-order valence-corrected chi connectivity index (χ3v) is 5.75. The van der Waals surface area contributed by atoms with Crippen LogP contribution >= 0.6 is 11.8 Å². The first-order chi connectivity index (χ1) is 13.5. The Labute approximate surface area is 166 Å². The second-order valence-corrected chi connectivity index (χ2v) is 8.19. The van der Waals surface area contributed by atoms with Gasteiger partial charge in [0.25, 0.3) is 0 Å². The van der Waals surface area contributed by atoms with E-state index in [4.69, 9.17) is 0 Å². The lowest BCUT2D eigenvalue weighted by Gasteiger charge is -2.14. The molecule has 3 rings (SSSR count). The third-order valence-electron chi connectivity index (χ3n) is 4.79. The fourth-order valence-corrected chi connectivity index (χ4v) is 4.04. The molecule has 0 aliphatic heterocycles. The summed E-state index contributed by atoms with van der Waals surface area (Å²) in [5.41, 5.74) is 0.201. The summed E-state index contributed by atoms with van der Waals surface area (Å²) >= 11 is 1.22. The number of anilines is 1. The number of H-pyrrole nitrogens is 1. The highest BCUT2D eigenvalue weighted by atomic mass is 32.2. The Hall–Kier alpha value is -2.16. The molecule has 28 heavy (non-hydrogen) atoms. The Bertz CT molecular complexity index is 781. The average molecular weight is 410 g/mol. The standard InChI is InChI=1S/C19H24F2N4O2S/c1-12(17(26)22-14-8-4-5-9-15(14)27-18(20)21)28-19-23-16(24-25-19)11-10-13-6-2-3-7-13/h4-5,8-9,12-13,18H,2-3,6-7,10-11H2,1H3,(H,22,26)(H,23,24,25). The monoisotopic (exact) mass is 410 g/mol. The lowest BCUT2D eigenvalue weighted by molar-refractivity contribution is -0.115. The van der Waals surface area contributed by atoms with E-state index in [-0.39, 0.29) is 17.3 Å². The molecule has 6 nitrogen and oxygen atoms in total. The minimum absolute atomic E-state index is 0.0739. The van der Waals surface area contributed by atoms with Gasteiger partial charge in [-0.3, -0.25) is 9.89 Å². The van der Waals surface area contributed by atoms with Crippen LogP contribution in [0.4, 0.5) is 14.5 Å². The highest BCUT2D eigenvalue weighted by Crippen LogP contribution is 2.29. The van der Waals surface area contributed by atoms with Gasteiger partial charge in [0, 0.05) is 6.42 Å². The predicted molar refractivity (Wildman–Crippen MR) is 104 cm³/mol. The number of halogens is 2. The van der Waals surface area contributed by atoms with Crippen LogP contribution in [0.25, 0.3) is 0 Å². The van der Waals surface area contributed by atoms with Gasteiger partial charge in [-0.2, -0.15) is 8.78 Å². The molecule has 1 aromatic heterocycles. The van der Waals surface area contributed by atoms with E-state index in [0.717, 1.165) is 24.6 Å². The number of rotatable bonds is 9. The van der Waals surface area contributed by atoms with E-state index in [9.17, 15) is 13.6 Å². The Morgan fingerprint density at radius 1 is 1.36 bits per heavy atom. The van der Waals surface area contributed by atoms with Crippen molar-refractivity contribution >= 4 is 23.4 Å². The van der Waals surface area contributed by atoms with E-state index in [2.05, 4.69) is 25.2 Å². The van der Waals surface area contributed by atoms with Crippen LogP contribution in [0.3, 0.4) is 0 Å². The van der Waals surface area contributed by atoms with Crippen molar-refractivity contribution in [2.75, 3.05) is 5.32 Å². The molecule has 1 fully saturated rings. The summed E-state index contributed by atoms with van der Waals surface area (Å²) in [4.78, 5) is 16.9. The largest absolute Gasteiger partial charge is 0.433 e. The van der Waals surface area contributed by atoms with Gasteiger partial charge in [-0.1, -0.05) is 49.6 Å². The first-order valence-corrected chi connectivity index (χ1v) is 10.3. The van der Waals surface area contributed by atoms with Crippen LogP contribution in [0.2, 0.25) is 0 Å². The number of hydrogen-bond acceptors (Lipinski definition) is 5. The van der Waals surface area contributed by atoms with Gasteiger partial charge in [0.05, 0.1) is 10.9 Å². The van der Waals surface area contributed by atoms with Gasteiger partial charge in [0.15, 0.2) is 0 Å². The number of carbonyl (C=O) groups excluding carboxylic acids is 1. The number of nitrogens with zero attached hydrogens (tertiary/aromatic N) is 2. The van der Waals surface area contributed by atoms with Gasteiger partial charge in [0.1, 0.15) is 11.6 Å². The van der Waals surface area contributed by atoms with Crippen LogP contribution in [0.5, 0.6) is 5.75 Å². The molecule has 0 saturated heterocycles. The van der Waals surface area contributed by atoms with E-state index in [0.29, 0.717) is 5.16 Å². The second kappa shape index (κ2) is 9.86. The van der Waals surface area contributed by atoms with Crippen LogP contribution in [0.15, 0.2) is 29.4 Å². The van der Waals surface area contributed by atoms with Gasteiger partial charge in [-0.25, -0.2) is 4.98 Å². The maximum absolute atomic E-state index is 12.5. The summed E-state index contributed by atoms with van der Waals surface area (Å²) in [6, 6.07) is 6.09. The Kier molecular flexibility index (Phi) is 7.24. The summed E-state index contributed by atoms with van der Waals surface area (Å²) in [6.07, 6.45) is 7.20. The number of hydrogen-bond donors (Lipinski definition) is 2. The molecule has 152 valence electrons. The average Bonchev–Trinajstić information content (AvgIpc) is 3.33. The number of benzene rings is 1. The number of amides is 1. The molecule has 1 aromatic carbocycles. The molecule has 2 N–H and O–H groups in total. The summed E-state index contributed by atoms with van der Waals surface area (Å²) in [7, 11) is 0. The first-order valence-electron chi connectivity index (χ1n) is 9.44. The summed E-state index contributed by atoms with van der Waals surface area (Å²) in [5, 5.41) is 9.73. The quantitative estimate of drug-likeness (QED) is 0.589. The lowest BCUT2D eigenvalue weighted by Crippen LogP contribution is -2.23. The molecule has 1 amide bonds. The zero-order valence-corrected chi connectivity index (χ0v) is 16.5. The highest BCUT2D eigenvalue weighted by Gasteiger charge is 2.20. The van der Waals surface area contributed by atoms with Crippen LogP contribution in [-0.4, -0.2) is 32.9 Å². The van der Waals surface area contributed by atoms with Gasteiger partial charge < -0.3 is 10.1 Å². The number of para-hydroxylation sites is 2. The summed E-state index contributed by atoms with van der Waals surface area (Å²) in [5.74, 6) is 1.20. The first kappa shape index (κ1) is 20.6. The number of aromatic amines is 1. The molecule has 1 atom stereocenters. The number of carbonyl (C=O) groups is 1. The molecule has 1 heterocycles. The number of ether oxygens (including phenoxy) is 1. The van der Waals surface area contributed by atoms with Crippen molar-refractivity contribution in [2.24, 2.45) is 5.92 Å².